The van der Waals surface area contributed by atoms with Gasteiger partial charge in [-0.25, -0.2) is 19.2 Å². The van der Waals surface area contributed by atoms with Crippen molar-refractivity contribution in [2.75, 3.05) is 20.0 Å². The number of thioether (sulfide) groups is 1. The minimum absolute atomic E-state index is 0.0294. The Bertz CT molecular complexity index is 1050. The number of hydrogen-bond acceptors (Lipinski definition) is 8. The molecule has 0 radical (unpaired) electrons. The third-order valence-electron chi connectivity index (χ3n) is 4.00. The summed E-state index contributed by atoms with van der Waals surface area (Å²) in [5.41, 5.74) is 0.759. The van der Waals surface area contributed by atoms with Crippen LogP contribution in [0.25, 0.3) is 10.7 Å². The monoisotopic (exact) mass is 432 g/mol. The first kappa shape index (κ1) is 20.9. The third-order valence-corrected chi connectivity index (χ3v) is 5.55. The molecule has 1 aromatic carbocycles. The molecule has 0 saturated heterocycles. The van der Waals surface area contributed by atoms with Crippen LogP contribution in [0.1, 0.15) is 26.4 Å². The van der Waals surface area contributed by atoms with E-state index in [9.17, 15) is 14.0 Å². The van der Waals surface area contributed by atoms with Gasteiger partial charge in [-0.2, -0.15) is 0 Å². The Hall–Kier alpha value is -2.78. The summed E-state index contributed by atoms with van der Waals surface area (Å²) in [7, 11) is 1.33. The van der Waals surface area contributed by atoms with Gasteiger partial charge in [-0.15, -0.1) is 23.1 Å². The fraction of sp³-hybridized carbons (Fsp3) is 0.200. The molecular formula is C20H17FN2O4S2. The second kappa shape index (κ2) is 9.15. The molecule has 0 aliphatic carbocycles. The van der Waals surface area contributed by atoms with Gasteiger partial charge in [0.25, 0.3) is 0 Å². The van der Waals surface area contributed by atoms with Gasteiger partial charge in [0.15, 0.2) is 29.8 Å². The quantitative estimate of drug-likeness (QED) is 0.237. The molecule has 29 heavy (non-hydrogen) atoms. The lowest BCUT2D eigenvalue weighted by molar-refractivity contribution is 0.0469. The van der Waals surface area contributed by atoms with Gasteiger partial charge in [-0.3, -0.25) is 4.79 Å². The van der Waals surface area contributed by atoms with Crippen molar-refractivity contribution in [2.24, 2.45) is 0 Å². The van der Waals surface area contributed by atoms with Crippen molar-refractivity contribution in [3.63, 3.8) is 0 Å². The average Bonchev–Trinajstić information content (AvgIpc) is 3.26. The zero-order valence-corrected chi connectivity index (χ0v) is 17.5. The molecule has 3 aromatic rings. The molecule has 0 atom stereocenters. The van der Waals surface area contributed by atoms with Crippen LogP contribution < -0.4 is 4.74 Å². The molecule has 3 rings (SSSR count). The number of thiophene rings is 1. The molecule has 0 unspecified atom stereocenters. The summed E-state index contributed by atoms with van der Waals surface area (Å²) >= 11 is 2.79. The van der Waals surface area contributed by atoms with Gasteiger partial charge in [0.05, 0.1) is 17.7 Å². The predicted molar refractivity (Wildman–Crippen MR) is 109 cm³/mol. The van der Waals surface area contributed by atoms with Gasteiger partial charge in [-0.05, 0) is 42.8 Å². The van der Waals surface area contributed by atoms with E-state index in [1.807, 2.05) is 17.5 Å². The number of carbonyl (C=O) groups excluding carboxylic acids is 2. The minimum Gasteiger partial charge on any atom is -0.494 e. The molecule has 0 amide bonds. The number of nitrogens with zero attached hydrogens (tertiary/aromatic N) is 2. The van der Waals surface area contributed by atoms with Crippen molar-refractivity contribution in [3.8, 4) is 16.5 Å². The Morgan fingerprint density at radius 1 is 1.24 bits per heavy atom. The molecule has 2 heterocycles. The van der Waals surface area contributed by atoms with Crippen LogP contribution in [0, 0.1) is 12.7 Å². The molecule has 0 aliphatic heterocycles. The maximum absolute atomic E-state index is 13.8. The summed E-state index contributed by atoms with van der Waals surface area (Å²) in [5.74, 6) is -1.33. The fourth-order valence-electron chi connectivity index (χ4n) is 2.57. The van der Waals surface area contributed by atoms with Crippen LogP contribution in [0.5, 0.6) is 5.75 Å². The molecule has 0 saturated carbocycles. The van der Waals surface area contributed by atoms with Gasteiger partial charge >= 0.3 is 5.97 Å². The summed E-state index contributed by atoms with van der Waals surface area (Å²) in [6.07, 6.45) is 1.79. The van der Waals surface area contributed by atoms with E-state index in [2.05, 4.69) is 9.97 Å². The maximum atomic E-state index is 13.8. The first-order chi connectivity index (χ1) is 13.9. The lowest BCUT2D eigenvalue weighted by atomic mass is 10.1. The number of carbonyl (C=O) groups is 2. The highest BCUT2D eigenvalue weighted by Gasteiger charge is 2.22. The minimum atomic E-state index is -0.702. The molecule has 0 aliphatic rings. The first-order valence-electron chi connectivity index (χ1n) is 8.45. The largest absolute Gasteiger partial charge is 0.494 e. The molecule has 0 spiro atoms. The van der Waals surface area contributed by atoms with E-state index >= 15 is 0 Å². The fourth-order valence-corrected chi connectivity index (χ4v) is 3.84. The number of halogens is 1. The van der Waals surface area contributed by atoms with Crippen LogP contribution in [-0.2, 0) is 4.74 Å². The molecule has 0 bridgehead atoms. The Balaban J connectivity index is 1.76. The number of methoxy groups -OCH3 is 1. The Morgan fingerprint density at radius 2 is 2.03 bits per heavy atom. The molecule has 0 N–H and O–H groups in total. The lowest BCUT2D eigenvalue weighted by Gasteiger charge is -2.11. The normalized spacial score (nSPS) is 10.6. The number of ketones is 1. The topological polar surface area (TPSA) is 78.4 Å². The smallest absolute Gasteiger partial charge is 0.343 e. The zero-order chi connectivity index (χ0) is 21.0. The molecular weight excluding hydrogens is 415 g/mol. The van der Waals surface area contributed by atoms with Crippen molar-refractivity contribution in [1.82, 2.24) is 9.97 Å². The van der Waals surface area contributed by atoms with Crippen LogP contribution in [-0.4, -0.2) is 41.7 Å². The zero-order valence-electron chi connectivity index (χ0n) is 15.9. The van der Waals surface area contributed by atoms with Crippen LogP contribution in [0.2, 0.25) is 0 Å². The van der Waals surface area contributed by atoms with Gasteiger partial charge < -0.3 is 9.47 Å². The summed E-state index contributed by atoms with van der Waals surface area (Å²) in [4.78, 5) is 34.6. The van der Waals surface area contributed by atoms with Crippen LogP contribution >= 0.6 is 23.1 Å². The van der Waals surface area contributed by atoms with Gasteiger partial charge in [-0.1, -0.05) is 6.07 Å². The van der Waals surface area contributed by atoms with Crippen molar-refractivity contribution >= 4 is 34.9 Å². The average molecular weight is 432 g/mol. The summed E-state index contributed by atoms with van der Waals surface area (Å²) in [5, 5.41) is 2.39. The number of esters is 1. The molecule has 0 fully saturated rings. The number of hydrogen-bond donors (Lipinski definition) is 0. The number of ether oxygens (including phenoxy) is 2. The number of rotatable bonds is 7. The second-order valence-corrected chi connectivity index (χ2v) is 7.59. The van der Waals surface area contributed by atoms with E-state index in [0.717, 1.165) is 10.9 Å². The van der Waals surface area contributed by atoms with Crippen molar-refractivity contribution < 1.29 is 23.5 Å². The standard InChI is InChI=1S/C20H17FN2O4S2/c1-11-17(19(28-3)23-18(22-11)16-5-4-8-29-16)20(25)27-10-14(24)12-6-7-15(26-2)13(21)9-12/h4-9H,10H2,1-3H3. The Morgan fingerprint density at radius 3 is 2.66 bits per heavy atom. The van der Waals surface area contributed by atoms with E-state index in [1.54, 1.807) is 13.2 Å². The van der Waals surface area contributed by atoms with Crippen molar-refractivity contribution in [2.45, 2.75) is 11.9 Å². The van der Waals surface area contributed by atoms with Crippen LogP contribution in [0.15, 0.2) is 40.7 Å². The van der Waals surface area contributed by atoms with Gasteiger partial charge in [0.2, 0.25) is 0 Å². The Kier molecular flexibility index (Phi) is 6.60. The number of Topliss-reactive ketones (excluding diaryl/α,β-unsaturated/α-hetero) is 1. The second-order valence-electron chi connectivity index (χ2n) is 5.84. The lowest BCUT2D eigenvalue weighted by Crippen LogP contribution is -2.17. The van der Waals surface area contributed by atoms with Crippen molar-refractivity contribution in [3.05, 3.63) is 58.3 Å². The van der Waals surface area contributed by atoms with E-state index < -0.39 is 24.2 Å². The molecule has 6 nitrogen and oxygen atoms in total. The Labute approximate surface area is 175 Å². The number of aryl methyl sites for hydroxylation is 1. The first-order valence-corrected chi connectivity index (χ1v) is 10.6. The van der Waals surface area contributed by atoms with Gasteiger partial charge in [0, 0.05) is 5.56 Å². The number of benzene rings is 1. The van der Waals surface area contributed by atoms with E-state index in [-0.39, 0.29) is 16.9 Å². The molecule has 2 aromatic heterocycles. The third kappa shape index (κ3) is 4.63. The van der Waals surface area contributed by atoms with Crippen LogP contribution in [0.3, 0.4) is 0 Å². The van der Waals surface area contributed by atoms with Gasteiger partial charge in [0.1, 0.15) is 10.6 Å². The van der Waals surface area contributed by atoms with E-state index in [0.29, 0.717) is 16.5 Å². The molecule has 9 heteroatoms. The predicted octanol–water partition coefficient (Wildman–Crippen LogP) is 4.42. The summed E-state index contributed by atoms with van der Waals surface area (Å²) in [6, 6.07) is 7.60. The summed E-state index contributed by atoms with van der Waals surface area (Å²) in [6.45, 7) is 1.17. The SMILES string of the molecule is COc1ccc(C(=O)COC(=O)c2c(C)nc(-c3cccs3)nc2SC)cc1F. The molecule has 150 valence electrons. The maximum Gasteiger partial charge on any atom is 0.343 e. The van der Waals surface area contributed by atoms with E-state index in [4.69, 9.17) is 9.47 Å². The van der Waals surface area contributed by atoms with Crippen molar-refractivity contribution in [1.29, 1.82) is 0 Å². The highest BCUT2D eigenvalue weighted by molar-refractivity contribution is 7.98. The summed E-state index contributed by atoms with van der Waals surface area (Å²) < 4.78 is 23.8. The van der Waals surface area contributed by atoms with Crippen LogP contribution in [0.4, 0.5) is 4.39 Å². The van der Waals surface area contributed by atoms with E-state index in [1.165, 1.54) is 42.3 Å². The highest BCUT2D eigenvalue weighted by Crippen LogP contribution is 2.27. The highest BCUT2D eigenvalue weighted by atomic mass is 32.2. The number of aromatic nitrogens is 2.